The lowest BCUT2D eigenvalue weighted by molar-refractivity contribution is -0.119. The van der Waals surface area contributed by atoms with Crippen molar-refractivity contribution < 1.29 is 4.79 Å². The predicted octanol–water partition coefficient (Wildman–Crippen LogP) is 4.22. The van der Waals surface area contributed by atoms with Crippen LogP contribution in [0.25, 0.3) is 16.6 Å². The summed E-state index contributed by atoms with van der Waals surface area (Å²) >= 11 is 1.46. The highest BCUT2D eigenvalue weighted by Gasteiger charge is 2.42. The summed E-state index contributed by atoms with van der Waals surface area (Å²) in [7, 11) is 0. The van der Waals surface area contributed by atoms with Crippen LogP contribution < -0.4 is 5.32 Å². The van der Waals surface area contributed by atoms with E-state index >= 15 is 0 Å². The van der Waals surface area contributed by atoms with Gasteiger partial charge in [0.1, 0.15) is 0 Å². The summed E-state index contributed by atoms with van der Waals surface area (Å²) in [4.78, 5) is 12.6. The Balaban J connectivity index is 1.29. The number of pyridine rings is 1. The third kappa shape index (κ3) is 3.08. The highest BCUT2D eigenvalue weighted by Crippen LogP contribution is 2.49. The molecule has 5 rings (SSSR count). The fourth-order valence-corrected chi connectivity index (χ4v) is 6.17. The van der Waals surface area contributed by atoms with E-state index in [4.69, 9.17) is 0 Å². The van der Waals surface area contributed by atoms with Gasteiger partial charge in [0.15, 0.2) is 10.8 Å². The summed E-state index contributed by atoms with van der Waals surface area (Å²) in [5.41, 5.74) is 3.10. The van der Waals surface area contributed by atoms with Crippen LogP contribution >= 0.6 is 11.8 Å². The van der Waals surface area contributed by atoms with E-state index in [1.54, 1.807) is 0 Å². The largest absolute Gasteiger partial charge is 0.353 e. The van der Waals surface area contributed by atoms with E-state index < -0.39 is 0 Å². The van der Waals surface area contributed by atoms with Gasteiger partial charge in [-0.3, -0.25) is 9.20 Å². The maximum Gasteiger partial charge on any atom is 0.230 e. The monoisotopic (exact) mass is 394 g/mol. The Hall–Kier alpha value is -2.08. The van der Waals surface area contributed by atoms with Crippen LogP contribution in [0.1, 0.15) is 38.2 Å². The van der Waals surface area contributed by atoms with Gasteiger partial charge in [0.05, 0.1) is 11.3 Å². The van der Waals surface area contributed by atoms with E-state index in [1.165, 1.54) is 48.4 Å². The van der Waals surface area contributed by atoms with Gasteiger partial charge >= 0.3 is 0 Å². The molecular weight excluding hydrogens is 368 g/mol. The van der Waals surface area contributed by atoms with Gasteiger partial charge < -0.3 is 5.32 Å². The van der Waals surface area contributed by atoms with Crippen molar-refractivity contribution in [3.63, 3.8) is 0 Å². The van der Waals surface area contributed by atoms with Crippen LogP contribution in [0.4, 0.5) is 0 Å². The summed E-state index contributed by atoms with van der Waals surface area (Å²) in [6, 6.07) is 10.6. The number of hydrogen-bond acceptors (Lipinski definition) is 4. The molecule has 0 saturated heterocycles. The average molecular weight is 395 g/mol. The number of carbonyl (C=O) groups excluding carboxylic acids is 1. The number of benzene rings is 1. The predicted molar refractivity (Wildman–Crippen MR) is 112 cm³/mol. The van der Waals surface area contributed by atoms with Crippen molar-refractivity contribution in [1.29, 1.82) is 0 Å². The maximum atomic E-state index is 12.6. The number of thioether (sulfide) groups is 1. The van der Waals surface area contributed by atoms with Crippen molar-refractivity contribution in [3.05, 3.63) is 35.9 Å². The third-order valence-electron chi connectivity index (χ3n) is 6.73. The van der Waals surface area contributed by atoms with Crippen LogP contribution in [-0.2, 0) is 4.79 Å². The van der Waals surface area contributed by atoms with E-state index in [2.05, 4.69) is 52.0 Å². The lowest BCUT2D eigenvalue weighted by atomic mass is 9.84. The molecular formula is C22H26N4OS. The third-order valence-corrected chi connectivity index (χ3v) is 7.66. The van der Waals surface area contributed by atoms with Gasteiger partial charge in [-0.05, 0) is 68.6 Å². The maximum absolute atomic E-state index is 12.6. The number of aryl methyl sites for hydroxylation is 1. The van der Waals surface area contributed by atoms with E-state index in [0.717, 1.165) is 28.2 Å². The molecule has 2 aromatic heterocycles. The molecule has 4 atom stereocenters. The zero-order chi connectivity index (χ0) is 19.3. The molecule has 3 aromatic rings. The number of aromatic nitrogens is 3. The summed E-state index contributed by atoms with van der Waals surface area (Å²) in [5.74, 6) is 2.85. The quantitative estimate of drug-likeness (QED) is 0.658. The van der Waals surface area contributed by atoms with Gasteiger partial charge in [-0.25, -0.2) is 0 Å². The van der Waals surface area contributed by atoms with Crippen molar-refractivity contribution in [2.75, 3.05) is 5.75 Å². The average Bonchev–Trinajstić information content (AvgIpc) is 3.42. The Kier molecular flexibility index (Phi) is 4.54. The van der Waals surface area contributed by atoms with Crippen LogP contribution in [0.3, 0.4) is 0 Å². The summed E-state index contributed by atoms with van der Waals surface area (Å²) < 4.78 is 2.06. The Bertz CT molecular complexity index is 1050. The van der Waals surface area contributed by atoms with Crippen LogP contribution in [0.5, 0.6) is 0 Å². The van der Waals surface area contributed by atoms with Crippen molar-refractivity contribution in [3.8, 4) is 0 Å². The molecule has 2 heterocycles. The van der Waals surface area contributed by atoms with Gasteiger partial charge in [-0.15, -0.1) is 10.2 Å². The van der Waals surface area contributed by atoms with Gasteiger partial charge in [0.25, 0.3) is 0 Å². The molecule has 2 fully saturated rings. The van der Waals surface area contributed by atoms with E-state index in [0.29, 0.717) is 11.7 Å². The molecule has 2 saturated carbocycles. The highest BCUT2D eigenvalue weighted by molar-refractivity contribution is 7.99. The zero-order valence-corrected chi connectivity index (χ0v) is 17.2. The number of amides is 1. The molecule has 0 radical (unpaired) electrons. The number of rotatable bonds is 5. The van der Waals surface area contributed by atoms with Crippen LogP contribution in [0, 0.1) is 24.7 Å². The Morgan fingerprint density at radius 2 is 2.14 bits per heavy atom. The first-order chi connectivity index (χ1) is 13.6. The molecule has 1 N–H and O–H groups in total. The van der Waals surface area contributed by atoms with Crippen molar-refractivity contribution >= 4 is 34.2 Å². The summed E-state index contributed by atoms with van der Waals surface area (Å²) in [5, 5.41) is 13.9. The number of nitrogens with zero attached hydrogens (tertiary/aromatic N) is 3. The molecule has 2 aliphatic rings. The van der Waals surface area contributed by atoms with Crippen molar-refractivity contribution in [2.24, 2.45) is 17.8 Å². The molecule has 2 bridgehead atoms. The number of carbonyl (C=O) groups is 1. The first-order valence-electron chi connectivity index (χ1n) is 10.3. The van der Waals surface area contributed by atoms with Gasteiger partial charge in [-0.2, -0.15) is 0 Å². The minimum atomic E-state index is 0.0911. The van der Waals surface area contributed by atoms with Crippen molar-refractivity contribution in [1.82, 2.24) is 19.9 Å². The number of para-hydroxylation sites is 1. The fourth-order valence-electron chi connectivity index (χ4n) is 5.41. The topological polar surface area (TPSA) is 59.3 Å². The minimum Gasteiger partial charge on any atom is -0.353 e. The fraction of sp³-hybridized carbons (Fsp3) is 0.500. The SMILES string of the molecule is Cc1cc2nnc(SCC(=O)NC(C)C3CC4CCC3C4)n2c2ccccc12. The summed E-state index contributed by atoms with van der Waals surface area (Å²) in [6.07, 6.45) is 5.41. The standard InChI is InChI=1S/C22H26N4OS/c1-13-9-20-24-25-22(26(20)19-6-4-3-5-17(13)19)28-12-21(27)23-14(2)18-11-15-7-8-16(18)10-15/h3-6,9,14-16,18H,7-8,10-12H2,1-2H3,(H,23,27). The number of hydrogen-bond donors (Lipinski definition) is 1. The summed E-state index contributed by atoms with van der Waals surface area (Å²) in [6.45, 7) is 4.27. The van der Waals surface area contributed by atoms with E-state index in [9.17, 15) is 4.79 Å². The lowest BCUT2D eigenvalue weighted by Gasteiger charge is -2.28. The van der Waals surface area contributed by atoms with E-state index in [-0.39, 0.29) is 11.9 Å². The Labute approximate surface area is 169 Å². The van der Waals surface area contributed by atoms with Crippen LogP contribution in [-0.4, -0.2) is 32.3 Å². The molecule has 146 valence electrons. The zero-order valence-electron chi connectivity index (χ0n) is 16.4. The normalized spacial score (nSPS) is 24.9. The second kappa shape index (κ2) is 7.07. The smallest absolute Gasteiger partial charge is 0.230 e. The Morgan fingerprint density at radius 1 is 1.29 bits per heavy atom. The lowest BCUT2D eigenvalue weighted by Crippen LogP contribution is -2.40. The van der Waals surface area contributed by atoms with Crippen molar-refractivity contribution in [2.45, 2.75) is 50.7 Å². The second-order valence-electron chi connectivity index (χ2n) is 8.50. The van der Waals surface area contributed by atoms with E-state index in [1.807, 2.05) is 12.1 Å². The molecule has 2 aliphatic carbocycles. The molecule has 5 nitrogen and oxygen atoms in total. The Morgan fingerprint density at radius 3 is 2.93 bits per heavy atom. The minimum absolute atomic E-state index is 0.0911. The molecule has 28 heavy (non-hydrogen) atoms. The molecule has 6 heteroatoms. The molecule has 1 amide bonds. The van der Waals surface area contributed by atoms with Crippen LogP contribution in [0.2, 0.25) is 0 Å². The van der Waals surface area contributed by atoms with Crippen LogP contribution in [0.15, 0.2) is 35.5 Å². The number of nitrogens with one attached hydrogen (secondary N) is 1. The molecule has 1 aromatic carbocycles. The first-order valence-corrected chi connectivity index (χ1v) is 11.2. The second-order valence-corrected chi connectivity index (χ2v) is 9.45. The highest BCUT2D eigenvalue weighted by atomic mass is 32.2. The van der Waals surface area contributed by atoms with Gasteiger partial charge in [0, 0.05) is 11.4 Å². The van der Waals surface area contributed by atoms with Gasteiger partial charge in [-0.1, -0.05) is 36.4 Å². The first kappa shape index (κ1) is 18.0. The van der Waals surface area contributed by atoms with Gasteiger partial charge in [0.2, 0.25) is 5.91 Å². The molecule has 0 aliphatic heterocycles. The molecule has 0 spiro atoms. The number of fused-ring (bicyclic) bond motifs is 5. The molecule has 4 unspecified atom stereocenters.